The van der Waals surface area contributed by atoms with E-state index in [0.29, 0.717) is 38.7 Å². The fourth-order valence-corrected chi connectivity index (χ4v) is 3.03. The third-order valence-corrected chi connectivity index (χ3v) is 4.80. The van der Waals surface area contributed by atoms with E-state index in [1.807, 2.05) is 45.9 Å². The first-order valence-electron chi connectivity index (χ1n) is 10.3. The molecule has 0 radical (unpaired) electrons. The molecule has 6 heteroatoms. The zero-order valence-electron chi connectivity index (χ0n) is 17.7. The van der Waals surface area contributed by atoms with E-state index >= 15 is 0 Å². The van der Waals surface area contributed by atoms with Crippen LogP contribution in [0, 0.1) is 13.8 Å². The first-order valence-corrected chi connectivity index (χ1v) is 10.3. The summed E-state index contributed by atoms with van der Waals surface area (Å²) < 4.78 is 5.47. The van der Waals surface area contributed by atoms with Crippen molar-refractivity contribution in [1.82, 2.24) is 10.2 Å². The molecule has 0 aromatic heterocycles. The van der Waals surface area contributed by atoms with Crippen molar-refractivity contribution in [2.75, 3.05) is 31.6 Å². The van der Waals surface area contributed by atoms with Crippen molar-refractivity contribution in [3.8, 4) is 0 Å². The Bertz CT molecular complexity index is 656. The maximum absolute atomic E-state index is 12.5. The first-order chi connectivity index (χ1) is 13.3. The topological polar surface area (TPSA) is 70.7 Å². The minimum atomic E-state index is -0.0214. The van der Waals surface area contributed by atoms with Gasteiger partial charge in [0, 0.05) is 37.8 Å². The summed E-state index contributed by atoms with van der Waals surface area (Å²) in [5.41, 5.74) is 3.04. The number of aryl methyl sites for hydroxylation is 2. The smallest absolute Gasteiger partial charge is 0.238 e. The number of carbonyl (C=O) groups is 2. The Morgan fingerprint density at radius 1 is 1.21 bits per heavy atom. The second-order valence-corrected chi connectivity index (χ2v) is 7.94. The largest absolute Gasteiger partial charge is 0.379 e. The van der Waals surface area contributed by atoms with Crippen LogP contribution in [0.1, 0.15) is 50.7 Å². The van der Waals surface area contributed by atoms with Crippen LogP contribution >= 0.6 is 0 Å². The van der Waals surface area contributed by atoms with Gasteiger partial charge in [-0.3, -0.25) is 14.5 Å². The lowest BCUT2D eigenvalue weighted by Gasteiger charge is -2.21. The number of hydrogen-bond donors (Lipinski definition) is 2. The number of rotatable bonds is 12. The van der Waals surface area contributed by atoms with Gasteiger partial charge in [0.25, 0.3) is 0 Å². The second-order valence-electron chi connectivity index (χ2n) is 7.94. The molecule has 0 bridgehead atoms. The van der Waals surface area contributed by atoms with Crippen LogP contribution in [0.3, 0.4) is 0 Å². The lowest BCUT2D eigenvalue weighted by atomic mass is 10.1. The summed E-state index contributed by atoms with van der Waals surface area (Å²) in [4.78, 5) is 26.7. The Kier molecular flexibility index (Phi) is 8.93. The third-order valence-electron chi connectivity index (χ3n) is 4.80. The zero-order valence-corrected chi connectivity index (χ0v) is 17.7. The molecular formula is C22H35N3O3. The van der Waals surface area contributed by atoms with Gasteiger partial charge < -0.3 is 15.4 Å². The summed E-state index contributed by atoms with van der Waals surface area (Å²) in [6, 6.07) is 6.47. The van der Waals surface area contributed by atoms with Crippen LogP contribution in [0.25, 0.3) is 0 Å². The third kappa shape index (κ3) is 8.40. The quantitative estimate of drug-likeness (QED) is 0.539. The Labute approximate surface area is 169 Å². The highest BCUT2D eigenvalue weighted by molar-refractivity contribution is 5.93. The van der Waals surface area contributed by atoms with Crippen LogP contribution in [0.2, 0.25) is 0 Å². The van der Waals surface area contributed by atoms with Crippen molar-refractivity contribution >= 4 is 17.5 Å². The number of benzene rings is 1. The fraction of sp³-hybridized carbons (Fsp3) is 0.636. The van der Waals surface area contributed by atoms with Gasteiger partial charge in [-0.15, -0.1) is 0 Å². The van der Waals surface area contributed by atoms with Crippen molar-refractivity contribution in [3.63, 3.8) is 0 Å². The van der Waals surface area contributed by atoms with E-state index in [2.05, 4.69) is 15.5 Å². The van der Waals surface area contributed by atoms with Crippen LogP contribution in [0.5, 0.6) is 0 Å². The highest BCUT2D eigenvalue weighted by Gasteiger charge is 2.30. The van der Waals surface area contributed by atoms with Crippen LogP contribution < -0.4 is 10.6 Å². The highest BCUT2D eigenvalue weighted by atomic mass is 16.5. The standard InChI is InChI=1S/C22H35N3O3/c1-16(2)28-13-5-11-23-21(26)10-12-25(19-8-9-19)15-22(27)24-20-14-17(3)6-7-18(20)4/h6-7,14,16,19H,5,8-13,15H2,1-4H3,(H,23,26)(H,24,27). The number of hydrogen-bond acceptors (Lipinski definition) is 4. The Balaban J connectivity index is 1.72. The average Bonchev–Trinajstić information content (AvgIpc) is 3.46. The van der Waals surface area contributed by atoms with E-state index in [4.69, 9.17) is 4.74 Å². The summed E-state index contributed by atoms with van der Waals surface area (Å²) in [7, 11) is 0. The maximum Gasteiger partial charge on any atom is 0.238 e. The normalized spacial score (nSPS) is 13.8. The number of nitrogens with one attached hydrogen (secondary N) is 2. The summed E-state index contributed by atoms with van der Waals surface area (Å²) >= 11 is 0. The number of ether oxygens (including phenoxy) is 1. The van der Waals surface area contributed by atoms with Crippen LogP contribution in [-0.4, -0.2) is 55.1 Å². The maximum atomic E-state index is 12.5. The minimum Gasteiger partial charge on any atom is -0.379 e. The van der Waals surface area contributed by atoms with Crippen LogP contribution in [-0.2, 0) is 14.3 Å². The fourth-order valence-electron chi connectivity index (χ4n) is 3.03. The molecule has 1 aliphatic rings. The summed E-state index contributed by atoms with van der Waals surface area (Å²) in [5.74, 6) is 0.0111. The van der Waals surface area contributed by atoms with Gasteiger partial charge in [-0.2, -0.15) is 0 Å². The van der Waals surface area contributed by atoms with Gasteiger partial charge in [-0.1, -0.05) is 12.1 Å². The number of carbonyl (C=O) groups excluding carboxylic acids is 2. The SMILES string of the molecule is Cc1ccc(C)c(NC(=O)CN(CCC(=O)NCCCOC(C)C)C2CC2)c1. The summed E-state index contributed by atoms with van der Waals surface area (Å²) in [6.07, 6.45) is 3.65. The molecule has 1 fully saturated rings. The van der Waals surface area contributed by atoms with Crippen molar-refractivity contribution in [2.24, 2.45) is 0 Å². The average molecular weight is 390 g/mol. The Morgan fingerprint density at radius 2 is 1.96 bits per heavy atom. The number of anilines is 1. The van der Waals surface area contributed by atoms with E-state index in [1.54, 1.807) is 0 Å². The van der Waals surface area contributed by atoms with E-state index < -0.39 is 0 Å². The van der Waals surface area contributed by atoms with Crippen LogP contribution in [0.15, 0.2) is 18.2 Å². The van der Waals surface area contributed by atoms with Gasteiger partial charge in [-0.05, 0) is 64.2 Å². The molecule has 0 aliphatic heterocycles. The van der Waals surface area contributed by atoms with Crippen LogP contribution in [0.4, 0.5) is 5.69 Å². The molecule has 2 rings (SSSR count). The molecule has 0 saturated heterocycles. The number of amides is 2. The van der Waals surface area contributed by atoms with Gasteiger partial charge in [0.05, 0.1) is 12.6 Å². The van der Waals surface area contributed by atoms with E-state index in [-0.39, 0.29) is 17.9 Å². The summed E-state index contributed by atoms with van der Waals surface area (Å²) in [6.45, 7) is 10.2. The molecule has 1 aromatic rings. The van der Waals surface area contributed by atoms with E-state index in [9.17, 15) is 9.59 Å². The van der Waals surface area contributed by atoms with Gasteiger partial charge in [0.15, 0.2) is 0 Å². The van der Waals surface area contributed by atoms with Gasteiger partial charge >= 0.3 is 0 Å². The minimum absolute atomic E-state index is 0.0214. The van der Waals surface area contributed by atoms with Gasteiger partial charge in [-0.25, -0.2) is 0 Å². The van der Waals surface area contributed by atoms with Gasteiger partial charge in [0.1, 0.15) is 0 Å². The Morgan fingerprint density at radius 3 is 2.64 bits per heavy atom. The zero-order chi connectivity index (χ0) is 20.5. The number of nitrogens with zero attached hydrogens (tertiary/aromatic N) is 1. The molecule has 1 aromatic carbocycles. The molecule has 28 heavy (non-hydrogen) atoms. The molecule has 0 unspecified atom stereocenters. The molecule has 0 heterocycles. The second kappa shape index (κ2) is 11.2. The Hall–Kier alpha value is -1.92. The first kappa shape index (κ1) is 22.4. The van der Waals surface area contributed by atoms with Crippen molar-refractivity contribution in [1.29, 1.82) is 0 Å². The van der Waals surface area contributed by atoms with Crippen molar-refractivity contribution in [2.45, 2.75) is 65.5 Å². The predicted molar refractivity (Wildman–Crippen MR) is 112 cm³/mol. The van der Waals surface area contributed by atoms with Gasteiger partial charge in [0.2, 0.25) is 11.8 Å². The molecule has 6 nitrogen and oxygen atoms in total. The molecule has 0 atom stereocenters. The monoisotopic (exact) mass is 389 g/mol. The molecule has 156 valence electrons. The molecule has 2 amide bonds. The van der Waals surface area contributed by atoms with Crippen molar-refractivity contribution < 1.29 is 14.3 Å². The van der Waals surface area contributed by atoms with Crippen molar-refractivity contribution in [3.05, 3.63) is 29.3 Å². The lowest BCUT2D eigenvalue weighted by molar-refractivity contribution is -0.122. The van der Waals surface area contributed by atoms with E-state index in [0.717, 1.165) is 36.1 Å². The lowest BCUT2D eigenvalue weighted by Crippen LogP contribution is -2.38. The molecule has 1 aliphatic carbocycles. The highest BCUT2D eigenvalue weighted by Crippen LogP contribution is 2.27. The van der Waals surface area contributed by atoms with E-state index in [1.165, 1.54) is 0 Å². The molecule has 2 N–H and O–H groups in total. The predicted octanol–water partition coefficient (Wildman–Crippen LogP) is 3.03. The summed E-state index contributed by atoms with van der Waals surface area (Å²) in [5, 5.41) is 5.95. The molecule has 1 saturated carbocycles. The molecule has 0 spiro atoms. The molecular weight excluding hydrogens is 354 g/mol.